The first-order valence-electron chi connectivity index (χ1n) is 9.66. The first kappa shape index (κ1) is 20.2. The Kier molecular flexibility index (Phi) is 4.90. The van der Waals surface area contributed by atoms with Crippen LogP contribution in [0.2, 0.25) is 0 Å². The minimum absolute atomic E-state index is 0.240. The number of carbonyl (C=O) groups is 1. The van der Waals surface area contributed by atoms with E-state index in [9.17, 15) is 18.0 Å². The van der Waals surface area contributed by atoms with Gasteiger partial charge in [-0.15, -0.1) is 0 Å². The van der Waals surface area contributed by atoms with Crippen LogP contribution in [0.4, 0.5) is 13.2 Å². The molecule has 1 amide bonds. The Hall–Kier alpha value is -3.72. The molecule has 0 fully saturated rings. The van der Waals surface area contributed by atoms with E-state index >= 15 is 0 Å². The zero-order valence-electron chi connectivity index (χ0n) is 16.4. The summed E-state index contributed by atoms with van der Waals surface area (Å²) in [6, 6.07) is 15.7. The topological polar surface area (TPSA) is 59.8 Å². The van der Waals surface area contributed by atoms with E-state index < -0.39 is 11.7 Å². The number of nitrogens with zero attached hydrogens (tertiary/aromatic N) is 3. The highest BCUT2D eigenvalue weighted by Crippen LogP contribution is 2.35. The summed E-state index contributed by atoms with van der Waals surface area (Å²) in [7, 11) is 0. The van der Waals surface area contributed by atoms with Crippen LogP contribution in [-0.4, -0.2) is 19.8 Å². The van der Waals surface area contributed by atoms with Crippen LogP contribution < -0.4 is 5.32 Å². The summed E-state index contributed by atoms with van der Waals surface area (Å²) in [5.41, 5.74) is 2.48. The van der Waals surface area contributed by atoms with Crippen molar-refractivity contribution in [1.82, 2.24) is 19.2 Å². The molecule has 3 aromatic heterocycles. The average molecular weight is 452 g/mol. The minimum atomic E-state index is -4.40. The van der Waals surface area contributed by atoms with Crippen molar-refractivity contribution in [2.45, 2.75) is 12.7 Å². The van der Waals surface area contributed by atoms with Crippen LogP contribution in [0.5, 0.6) is 0 Å². The molecule has 0 atom stereocenters. The Balaban J connectivity index is 1.52. The first-order chi connectivity index (χ1) is 15.4. The number of halogens is 3. The summed E-state index contributed by atoms with van der Waals surface area (Å²) in [6.07, 6.45) is -2.73. The van der Waals surface area contributed by atoms with Crippen molar-refractivity contribution in [2.24, 2.45) is 0 Å². The number of benzene rings is 2. The lowest BCUT2D eigenvalue weighted by Gasteiger charge is -2.10. The zero-order valence-corrected chi connectivity index (χ0v) is 17.2. The van der Waals surface area contributed by atoms with Crippen molar-refractivity contribution >= 4 is 39.4 Å². The fourth-order valence-electron chi connectivity index (χ4n) is 3.61. The van der Waals surface area contributed by atoms with E-state index in [1.165, 1.54) is 23.7 Å². The number of hydrogen-bond acceptors (Lipinski definition) is 4. The minimum Gasteiger partial charge on any atom is -0.346 e. The number of hydrogen-bond donors (Lipinski definition) is 1. The molecular formula is C23H15F3N4OS. The molecule has 0 saturated heterocycles. The molecular weight excluding hydrogens is 437 g/mol. The first-order valence-corrected chi connectivity index (χ1v) is 10.5. The molecule has 0 aliphatic carbocycles. The molecule has 5 nitrogen and oxygen atoms in total. The second kappa shape index (κ2) is 7.76. The van der Waals surface area contributed by atoms with Gasteiger partial charge in [0.05, 0.1) is 23.3 Å². The fourth-order valence-corrected chi connectivity index (χ4v) is 4.28. The molecule has 0 spiro atoms. The van der Waals surface area contributed by atoms with Gasteiger partial charge in [-0.05, 0) is 66.1 Å². The molecule has 1 N–H and O–H groups in total. The molecule has 5 rings (SSSR count). The van der Waals surface area contributed by atoms with Crippen LogP contribution >= 0.6 is 11.5 Å². The second-order valence-electron chi connectivity index (χ2n) is 7.17. The normalized spacial score (nSPS) is 11.8. The Bertz CT molecular complexity index is 1420. The van der Waals surface area contributed by atoms with Crippen molar-refractivity contribution in [3.05, 3.63) is 89.1 Å². The van der Waals surface area contributed by atoms with Crippen molar-refractivity contribution in [3.8, 4) is 5.69 Å². The Morgan fingerprint density at radius 3 is 2.56 bits per heavy atom. The van der Waals surface area contributed by atoms with Crippen LogP contribution in [0.15, 0.2) is 72.2 Å². The number of nitrogens with one attached hydrogen (secondary N) is 1. The maximum absolute atomic E-state index is 13.0. The summed E-state index contributed by atoms with van der Waals surface area (Å²) in [5.74, 6) is -0.240. The monoisotopic (exact) mass is 452 g/mol. The largest absolute Gasteiger partial charge is 0.416 e. The lowest BCUT2D eigenvalue weighted by molar-refractivity contribution is -0.137. The van der Waals surface area contributed by atoms with E-state index in [2.05, 4.69) is 14.7 Å². The van der Waals surface area contributed by atoms with Gasteiger partial charge >= 0.3 is 6.18 Å². The number of amides is 1. The van der Waals surface area contributed by atoms with Crippen molar-refractivity contribution in [1.29, 1.82) is 0 Å². The molecule has 0 unspecified atom stereocenters. The van der Waals surface area contributed by atoms with E-state index in [-0.39, 0.29) is 5.91 Å². The fraction of sp³-hybridized carbons (Fsp3) is 0.0870. The number of pyridine rings is 1. The SMILES string of the molecule is O=C(NCc1ccccn1)c1ccc2c(c1)c1csnc1n2-c1ccc(C(F)(F)F)cc1. The van der Waals surface area contributed by atoms with Crippen LogP contribution in [0.3, 0.4) is 0 Å². The highest BCUT2D eigenvalue weighted by molar-refractivity contribution is 7.05. The molecule has 32 heavy (non-hydrogen) atoms. The highest BCUT2D eigenvalue weighted by Gasteiger charge is 2.30. The molecule has 0 saturated carbocycles. The van der Waals surface area contributed by atoms with Gasteiger partial charge in [0, 0.05) is 33.6 Å². The average Bonchev–Trinajstić information content (AvgIpc) is 3.38. The van der Waals surface area contributed by atoms with Gasteiger partial charge in [0.1, 0.15) is 0 Å². The molecule has 9 heteroatoms. The van der Waals surface area contributed by atoms with Crippen LogP contribution in [0.1, 0.15) is 21.6 Å². The van der Waals surface area contributed by atoms with Gasteiger partial charge in [-0.2, -0.15) is 17.5 Å². The molecule has 0 radical (unpaired) electrons. The molecule has 5 aromatic rings. The van der Waals surface area contributed by atoms with Crippen molar-refractivity contribution in [2.75, 3.05) is 0 Å². The van der Waals surface area contributed by atoms with Crippen LogP contribution in [-0.2, 0) is 12.7 Å². The molecule has 160 valence electrons. The Morgan fingerprint density at radius 2 is 1.84 bits per heavy atom. The molecule has 0 aliphatic heterocycles. The van der Waals surface area contributed by atoms with Gasteiger partial charge in [0.15, 0.2) is 5.65 Å². The standard InChI is InChI=1S/C23H15F3N4OS/c24-23(25,26)15-5-7-17(8-6-15)30-20-9-4-14(11-18(20)19-13-32-29-21(19)30)22(31)28-12-16-3-1-2-10-27-16/h1-11,13H,12H2,(H,28,31). The predicted molar refractivity (Wildman–Crippen MR) is 117 cm³/mol. The van der Waals surface area contributed by atoms with E-state index in [1.54, 1.807) is 35.0 Å². The van der Waals surface area contributed by atoms with Gasteiger partial charge in [-0.1, -0.05) is 6.07 Å². The van der Waals surface area contributed by atoms with Gasteiger partial charge in [0.2, 0.25) is 0 Å². The summed E-state index contributed by atoms with van der Waals surface area (Å²) in [6.45, 7) is 0.305. The third-order valence-electron chi connectivity index (χ3n) is 5.16. The molecule has 3 heterocycles. The lowest BCUT2D eigenvalue weighted by atomic mass is 10.1. The van der Waals surface area contributed by atoms with Crippen LogP contribution in [0.25, 0.3) is 27.6 Å². The van der Waals surface area contributed by atoms with Gasteiger partial charge in [-0.3, -0.25) is 14.3 Å². The van der Waals surface area contributed by atoms with E-state index in [4.69, 9.17) is 0 Å². The van der Waals surface area contributed by atoms with E-state index in [0.29, 0.717) is 23.4 Å². The van der Waals surface area contributed by atoms with Crippen LogP contribution in [0, 0.1) is 0 Å². The maximum Gasteiger partial charge on any atom is 0.416 e. The highest BCUT2D eigenvalue weighted by atomic mass is 32.1. The summed E-state index contributed by atoms with van der Waals surface area (Å²) in [4.78, 5) is 16.9. The Morgan fingerprint density at radius 1 is 1.03 bits per heavy atom. The third-order valence-corrected chi connectivity index (χ3v) is 5.78. The smallest absolute Gasteiger partial charge is 0.346 e. The maximum atomic E-state index is 13.0. The van der Waals surface area contributed by atoms with Gasteiger partial charge in [0.25, 0.3) is 5.91 Å². The predicted octanol–water partition coefficient (Wildman–Crippen LogP) is 5.58. The van der Waals surface area contributed by atoms with E-state index in [1.807, 2.05) is 17.5 Å². The third kappa shape index (κ3) is 3.60. The van der Waals surface area contributed by atoms with Gasteiger partial charge < -0.3 is 5.32 Å². The number of aromatic nitrogens is 3. The van der Waals surface area contributed by atoms with E-state index in [0.717, 1.165) is 34.1 Å². The quantitative estimate of drug-likeness (QED) is 0.387. The summed E-state index contributed by atoms with van der Waals surface area (Å²) < 4.78 is 45.1. The number of rotatable bonds is 4. The Labute approximate surface area is 184 Å². The van der Waals surface area contributed by atoms with Crippen molar-refractivity contribution in [3.63, 3.8) is 0 Å². The summed E-state index contributed by atoms with van der Waals surface area (Å²) in [5, 5.41) is 6.36. The lowest BCUT2D eigenvalue weighted by Crippen LogP contribution is -2.23. The molecule has 2 aromatic carbocycles. The zero-order chi connectivity index (χ0) is 22.3. The number of fused-ring (bicyclic) bond motifs is 3. The molecule has 0 aliphatic rings. The van der Waals surface area contributed by atoms with Gasteiger partial charge in [-0.25, -0.2) is 0 Å². The molecule has 0 bridgehead atoms. The number of carbonyl (C=O) groups excluding carboxylic acids is 1. The number of alkyl halides is 3. The van der Waals surface area contributed by atoms with Crippen molar-refractivity contribution < 1.29 is 18.0 Å². The second-order valence-corrected chi connectivity index (χ2v) is 7.80. The summed E-state index contributed by atoms with van der Waals surface area (Å²) >= 11 is 1.25.